The van der Waals surface area contributed by atoms with Gasteiger partial charge < -0.3 is 8.83 Å². The molecule has 0 bridgehead atoms. The van der Waals surface area contributed by atoms with Crippen LogP contribution in [0, 0.1) is 45.3 Å². The molecule has 0 aliphatic heterocycles. The predicted octanol–water partition coefficient (Wildman–Crippen LogP) is 7.19. The Hall–Kier alpha value is -5.74. The summed E-state index contributed by atoms with van der Waals surface area (Å²) in [7, 11) is 0. The molecule has 0 amide bonds. The highest BCUT2D eigenvalue weighted by Crippen LogP contribution is 2.46. The molecule has 2 heterocycles. The molecule has 3 aromatic carbocycles. The van der Waals surface area contributed by atoms with Crippen molar-refractivity contribution in [1.82, 2.24) is 0 Å². The molecule has 0 N–H and O–H groups in total. The highest BCUT2D eigenvalue weighted by molar-refractivity contribution is 6.18. The number of halogens is 10. The molecule has 5 rings (SSSR count). The van der Waals surface area contributed by atoms with Crippen molar-refractivity contribution in [1.29, 1.82) is 21.0 Å². The topological polar surface area (TPSA) is 121 Å². The summed E-state index contributed by atoms with van der Waals surface area (Å²) in [5.74, 6) is -10.7. The van der Waals surface area contributed by atoms with Gasteiger partial charge in [0.25, 0.3) is 0 Å². The van der Waals surface area contributed by atoms with Crippen LogP contribution in [0.5, 0.6) is 0 Å². The molecule has 220 valence electrons. The van der Waals surface area contributed by atoms with Gasteiger partial charge in [-0.3, -0.25) is 0 Å². The van der Waals surface area contributed by atoms with Gasteiger partial charge in [-0.05, 0) is 24.3 Å². The van der Waals surface area contributed by atoms with E-state index in [1.807, 2.05) is 0 Å². The Balaban J connectivity index is 2.10. The predicted molar refractivity (Wildman–Crippen MR) is 129 cm³/mol. The van der Waals surface area contributed by atoms with Gasteiger partial charge in [0.1, 0.15) is 57.8 Å². The van der Waals surface area contributed by atoms with Gasteiger partial charge in [0, 0.05) is 32.7 Å². The molecule has 0 aliphatic rings. The monoisotopic (exact) mass is 620 g/mol. The van der Waals surface area contributed by atoms with E-state index in [1.54, 1.807) is 0 Å². The number of hydrogen-bond donors (Lipinski definition) is 0. The van der Waals surface area contributed by atoms with Gasteiger partial charge in [-0.25, -0.2) is 0 Å². The second-order valence-corrected chi connectivity index (χ2v) is 9.13. The van der Waals surface area contributed by atoms with E-state index >= 15 is 0 Å². The summed E-state index contributed by atoms with van der Waals surface area (Å²) >= 11 is 0. The molecule has 0 atom stereocenters. The Morgan fingerprint density at radius 3 is 1.11 bits per heavy atom. The lowest BCUT2D eigenvalue weighted by atomic mass is 9.97. The van der Waals surface area contributed by atoms with Crippen molar-refractivity contribution < 1.29 is 52.7 Å². The zero-order valence-corrected chi connectivity index (χ0v) is 20.8. The Morgan fingerprint density at radius 1 is 0.523 bits per heavy atom. The number of nitrogens with zero attached hydrogens (tertiary/aromatic N) is 4. The smallest absolute Gasteiger partial charge is 0.455 e. The SMILES string of the molecule is N#CC(C#N)=c1c2oc3cc(C(F)(F)C(F)(F)F)ccc3c2c(=C(C#N)C#N)c2oc3cc(C(F)(F)C(F)(F)F)ccc3c12. The maximum absolute atomic E-state index is 14.1. The Kier molecular flexibility index (Phi) is 6.34. The van der Waals surface area contributed by atoms with Crippen LogP contribution in [-0.2, 0) is 11.8 Å². The van der Waals surface area contributed by atoms with E-state index < -0.39 is 79.2 Å². The summed E-state index contributed by atoms with van der Waals surface area (Å²) in [5, 5.41) is 36.4. The molecular formula is C28H6F10N4O2. The summed E-state index contributed by atoms with van der Waals surface area (Å²) in [6, 6.07) is 8.91. The highest BCUT2D eigenvalue weighted by atomic mass is 19.4. The molecule has 0 aliphatic carbocycles. The van der Waals surface area contributed by atoms with Gasteiger partial charge in [0.2, 0.25) is 0 Å². The van der Waals surface area contributed by atoms with Gasteiger partial charge in [0.15, 0.2) is 0 Å². The fourth-order valence-electron chi connectivity index (χ4n) is 4.74. The molecule has 0 spiro atoms. The van der Waals surface area contributed by atoms with E-state index in [0.717, 1.165) is 12.1 Å². The minimum atomic E-state index is -6.02. The Labute approximate surface area is 235 Å². The first-order valence-corrected chi connectivity index (χ1v) is 11.6. The lowest BCUT2D eigenvalue weighted by Gasteiger charge is -2.19. The minimum Gasteiger partial charge on any atom is -0.455 e. The van der Waals surface area contributed by atoms with Gasteiger partial charge in [-0.2, -0.15) is 65.0 Å². The van der Waals surface area contributed by atoms with Crippen molar-refractivity contribution in [3.05, 3.63) is 58.0 Å². The highest BCUT2D eigenvalue weighted by Gasteiger charge is 2.59. The molecule has 0 unspecified atom stereocenters. The van der Waals surface area contributed by atoms with Crippen LogP contribution >= 0.6 is 0 Å². The van der Waals surface area contributed by atoms with E-state index in [9.17, 15) is 65.0 Å². The van der Waals surface area contributed by atoms with E-state index in [1.165, 1.54) is 24.3 Å². The molecule has 16 heteroatoms. The number of alkyl halides is 10. The maximum Gasteiger partial charge on any atom is 0.458 e. The quantitative estimate of drug-likeness (QED) is 0.193. The fourth-order valence-corrected chi connectivity index (χ4v) is 4.74. The van der Waals surface area contributed by atoms with Crippen molar-refractivity contribution >= 4 is 55.0 Å². The third kappa shape index (κ3) is 3.99. The van der Waals surface area contributed by atoms with Crippen molar-refractivity contribution in [2.24, 2.45) is 0 Å². The van der Waals surface area contributed by atoms with E-state index in [4.69, 9.17) is 8.83 Å². The third-order valence-electron chi connectivity index (χ3n) is 6.72. The van der Waals surface area contributed by atoms with E-state index in [0.29, 0.717) is 24.3 Å². The third-order valence-corrected chi connectivity index (χ3v) is 6.72. The van der Waals surface area contributed by atoms with Gasteiger partial charge in [-0.15, -0.1) is 0 Å². The molecule has 0 radical (unpaired) electrons. The molecule has 44 heavy (non-hydrogen) atoms. The fraction of sp³-hybridized carbons (Fsp3) is 0.143. The molecule has 2 aromatic heterocycles. The van der Waals surface area contributed by atoms with Crippen molar-refractivity contribution in [3.8, 4) is 24.3 Å². The minimum absolute atomic E-state index is 0.303. The lowest BCUT2D eigenvalue weighted by Crippen LogP contribution is -2.33. The number of fused-ring (bicyclic) bond motifs is 6. The first-order valence-electron chi connectivity index (χ1n) is 11.6. The molecule has 0 saturated heterocycles. The summed E-state index contributed by atoms with van der Waals surface area (Å²) in [4.78, 5) is 0. The van der Waals surface area contributed by atoms with Crippen molar-refractivity contribution in [2.75, 3.05) is 0 Å². The zero-order valence-electron chi connectivity index (χ0n) is 20.8. The number of furan rings is 2. The van der Waals surface area contributed by atoms with Crippen LogP contribution in [0.25, 0.3) is 55.0 Å². The molecular weight excluding hydrogens is 614 g/mol. The molecule has 5 aromatic rings. The van der Waals surface area contributed by atoms with Crippen molar-refractivity contribution in [3.63, 3.8) is 0 Å². The number of rotatable bonds is 2. The van der Waals surface area contributed by atoms with E-state index in [-0.39, 0.29) is 21.5 Å². The average molecular weight is 620 g/mol. The first-order chi connectivity index (χ1) is 20.4. The van der Waals surface area contributed by atoms with Gasteiger partial charge in [-0.1, -0.05) is 12.1 Å². The van der Waals surface area contributed by atoms with Crippen LogP contribution < -0.4 is 10.4 Å². The number of nitriles is 4. The van der Waals surface area contributed by atoms with Gasteiger partial charge in [0.05, 0.1) is 10.4 Å². The standard InChI is InChI=1S/C28H6F10N4O2/c29-25(30,27(33,34)35)13-1-3-15-17(5-13)43-23-20(12(9-41)10-42)22-16-4-2-14(26(31,32)28(36,37)38)6-18(16)44-24(22)19(21(15)23)11(7-39)8-40/h1-6H. The van der Waals surface area contributed by atoms with Gasteiger partial charge >= 0.3 is 24.2 Å². The zero-order chi connectivity index (χ0) is 32.6. The second kappa shape index (κ2) is 9.38. The average Bonchev–Trinajstić information content (AvgIpc) is 3.51. The normalized spacial score (nSPS) is 12.7. The summed E-state index contributed by atoms with van der Waals surface area (Å²) in [6.45, 7) is 0. The summed E-state index contributed by atoms with van der Waals surface area (Å²) in [5.41, 5.74) is -7.23. The van der Waals surface area contributed by atoms with Crippen LogP contribution in [0.1, 0.15) is 11.1 Å². The first kappa shape index (κ1) is 29.7. The maximum atomic E-state index is 14.1. The summed E-state index contributed by atoms with van der Waals surface area (Å²) < 4.78 is 146. The lowest BCUT2D eigenvalue weighted by molar-refractivity contribution is -0.289. The number of hydrogen-bond acceptors (Lipinski definition) is 6. The Morgan fingerprint density at radius 2 is 0.841 bits per heavy atom. The number of benzene rings is 3. The van der Waals surface area contributed by atoms with Crippen LogP contribution in [-0.4, -0.2) is 12.4 Å². The van der Waals surface area contributed by atoms with Crippen LogP contribution in [0.2, 0.25) is 0 Å². The largest absolute Gasteiger partial charge is 0.458 e. The van der Waals surface area contributed by atoms with Crippen LogP contribution in [0.4, 0.5) is 43.9 Å². The molecule has 6 nitrogen and oxygen atoms in total. The molecule has 0 saturated carbocycles. The van der Waals surface area contributed by atoms with Crippen LogP contribution in [0.15, 0.2) is 45.2 Å². The van der Waals surface area contributed by atoms with Crippen molar-refractivity contribution in [2.45, 2.75) is 24.2 Å². The second-order valence-electron chi connectivity index (χ2n) is 9.13. The summed E-state index contributed by atoms with van der Waals surface area (Å²) in [6.07, 6.45) is -12.0. The van der Waals surface area contributed by atoms with Crippen LogP contribution in [0.3, 0.4) is 0 Å². The Bertz CT molecular complexity index is 2170. The van der Waals surface area contributed by atoms with E-state index in [2.05, 4.69) is 0 Å². The molecule has 0 fully saturated rings.